The number of nitrogens with zero attached hydrogens (tertiary/aromatic N) is 4. The molecular weight excluding hydrogens is 1720 g/mol. The van der Waals surface area contributed by atoms with Gasteiger partial charge in [0.15, 0.2) is 0 Å². The average molecular weight is 1870 g/mol. The number of rotatable bonds is 33. The summed E-state index contributed by atoms with van der Waals surface area (Å²) in [6, 6.07) is 57.3. The summed E-state index contributed by atoms with van der Waals surface area (Å²) < 4.78 is 88.4. The van der Waals surface area contributed by atoms with Gasteiger partial charge in [-0.1, -0.05) is 197 Å². The van der Waals surface area contributed by atoms with Gasteiger partial charge in [-0.15, -0.1) is 0 Å². The first-order valence-corrected chi connectivity index (χ1v) is 49.4. The summed E-state index contributed by atoms with van der Waals surface area (Å²) in [4.78, 5) is 43.4. The van der Waals surface area contributed by atoms with E-state index in [2.05, 4.69) is 147 Å². The Morgan fingerprint density at radius 2 is 0.843 bits per heavy atom. The highest BCUT2D eigenvalue weighted by atomic mass is 32.2. The zero-order valence-corrected chi connectivity index (χ0v) is 84.1. The highest BCUT2D eigenvalue weighted by Gasteiger charge is 2.40. The molecular formula is C109H151N5O19S. The Kier molecular flexibility index (Phi) is 41.8. The summed E-state index contributed by atoms with van der Waals surface area (Å²) in [5.74, 6) is 6.41. The number of phenolic OH excluding ortho intramolecular Hbond substituents is 1. The summed E-state index contributed by atoms with van der Waals surface area (Å²) in [6.45, 7) is 56.9. The van der Waals surface area contributed by atoms with E-state index in [0.29, 0.717) is 130 Å². The van der Waals surface area contributed by atoms with E-state index in [9.17, 15) is 23.7 Å². The lowest BCUT2D eigenvalue weighted by atomic mass is 9.73. The van der Waals surface area contributed by atoms with Crippen LogP contribution < -0.4 is 38.2 Å². The van der Waals surface area contributed by atoms with Crippen molar-refractivity contribution >= 4 is 46.1 Å². The number of amides is 2. The molecule has 10 aliphatic heterocycles. The molecule has 8 aromatic carbocycles. The second-order valence-corrected chi connectivity index (χ2v) is 38.3. The van der Waals surface area contributed by atoms with E-state index >= 15 is 0 Å². The molecule has 0 aliphatic carbocycles. The Morgan fingerprint density at radius 3 is 1.19 bits per heavy atom. The molecule has 2 amide bonds. The number of hydrogen-bond donors (Lipinski definition) is 2. The van der Waals surface area contributed by atoms with Gasteiger partial charge in [-0.2, -0.15) is 0 Å². The van der Waals surface area contributed by atoms with Crippen LogP contribution in [0.25, 0.3) is 0 Å². The average Bonchev–Trinajstić information content (AvgIpc) is 1.60. The lowest BCUT2D eigenvalue weighted by Gasteiger charge is -2.42. The van der Waals surface area contributed by atoms with Crippen molar-refractivity contribution in [1.82, 2.24) is 9.80 Å². The van der Waals surface area contributed by atoms with Crippen LogP contribution >= 0.6 is 0 Å². The zero-order valence-electron chi connectivity index (χ0n) is 83.3. The maximum Gasteiger partial charge on any atom is 0.313 e. The molecule has 24 nitrogen and oxygen atoms in total. The van der Waals surface area contributed by atoms with Gasteiger partial charge in [-0.05, 0) is 192 Å². The predicted octanol–water partition coefficient (Wildman–Crippen LogP) is 19.2. The van der Waals surface area contributed by atoms with Crippen LogP contribution in [0.5, 0.6) is 34.5 Å². The first-order valence-electron chi connectivity index (χ1n) is 48.3. The minimum atomic E-state index is -1.57. The molecule has 9 fully saturated rings. The third-order valence-corrected chi connectivity index (χ3v) is 24.3. The van der Waals surface area contributed by atoms with Crippen LogP contribution in [0.15, 0.2) is 170 Å². The van der Waals surface area contributed by atoms with Crippen LogP contribution in [0.2, 0.25) is 0 Å². The molecule has 0 spiro atoms. The van der Waals surface area contributed by atoms with Crippen LogP contribution in [-0.2, 0) is 74.1 Å². The number of aromatic hydroxyl groups is 1. The number of piperazine rings is 1. The van der Waals surface area contributed by atoms with Crippen molar-refractivity contribution in [3.8, 4) is 34.5 Å². The van der Waals surface area contributed by atoms with E-state index in [0.717, 1.165) is 119 Å². The van der Waals surface area contributed by atoms with Crippen LogP contribution in [0.4, 0.5) is 17.1 Å². The van der Waals surface area contributed by atoms with Gasteiger partial charge in [0.25, 0.3) is 11.3 Å². The number of fused-ring (bicyclic) bond motifs is 1. The summed E-state index contributed by atoms with van der Waals surface area (Å²) in [6.07, 6.45) is 4.81. The van der Waals surface area contributed by atoms with Gasteiger partial charge in [0.2, 0.25) is 11.8 Å². The Bertz CT molecular complexity index is 4670. The normalized spacial score (nSPS) is 20.8. The second kappa shape index (κ2) is 52.6. The molecule has 0 aromatic heterocycles. The van der Waals surface area contributed by atoms with Gasteiger partial charge in [-0.3, -0.25) is 23.3 Å². The van der Waals surface area contributed by atoms with Crippen molar-refractivity contribution in [1.29, 1.82) is 0 Å². The van der Waals surface area contributed by atoms with Gasteiger partial charge in [-0.25, -0.2) is 4.21 Å². The maximum absolute atomic E-state index is 11.7. The molecule has 0 saturated carbocycles. The van der Waals surface area contributed by atoms with Crippen molar-refractivity contribution in [3.63, 3.8) is 0 Å². The fraction of sp³-hybridized carbons (Fsp3) is 0.532. The van der Waals surface area contributed by atoms with Crippen molar-refractivity contribution in [2.45, 2.75) is 224 Å². The highest BCUT2D eigenvalue weighted by molar-refractivity contribution is 7.81. The molecule has 732 valence electrons. The molecule has 8 aromatic rings. The van der Waals surface area contributed by atoms with Gasteiger partial charge in [0.1, 0.15) is 78.2 Å². The lowest BCUT2D eigenvalue weighted by molar-refractivity contribution is -0.142. The summed E-state index contributed by atoms with van der Waals surface area (Å²) >= 11 is -1.57. The van der Waals surface area contributed by atoms with E-state index in [4.69, 9.17) is 61.6 Å². The molecule has 25 heteroatoms. The molecule has 11 atom stereocenters. The molecule has 9 saturated heterocycles. The Balaban J connectivity index is 0.000000166. The fourth-order valence-electron chi connectivity index (χ4n) is 15.6. The van der Waals surface area contributed by atoms with E-state index in [-0.39, 0.29) is 53.7 Å². The SMILES string of the molecule is CC.CC.CC(C)C(=O)N1CCN(C(=O)C(C)C)CC1.COS(=O)Nc1ccc(OC(=O)CC2CO2)cc1.Cc1cc(C)c(O)c(C(c2cc(C)cc3c2OC(C)(C)CC3C(C)C)C(C)C)c1.Cc1ccccc1OCC1CO1.Cc1ccccc1OCC1CO1.Cc1ccccc1OCC1CO1.c1cc(N(CC2CO2)CC2CO2)ccc1Cc1ccc(N(CC2CO2)CC2CO2)cc1. The van der Waals surface area contributed by atoms with Crippen LogP contribution in [0, 0.1) is 65.2 Å². The Hall–Kier alpha value is -9.64. The minimum Gasteiger partial charge on any atom is -0.507 e. The van der Waals surface area contributed by atoms with E-state index in [1.54, 1.807) is 24.3 Å². The lowest BCUT2D eigenvalue weighted by Crippen LogP contribution is -2.52. The fourth-order valence-corrected chi connectivity index (χ4v) is 16.0. The zero-order chi connectivity index (χ0) is 96.7. The molecule has 18 rings (SSSR count). The number of ether oxygens (including phenoxy) is 13. The molecule has 0 bridgehead atoms. The van der Waals surface area contributed by atoms with E-state index in [1.165, 1.54) is 68.6 Å². The molecule has 10 heterocycles. The van der Waals surface area contributed by atoms with Crippen LogP contribution in [0.3, 0.4) is 0 Å². The highest BCUT2D eigenvalue weighted by Crippen LogP contribution is 2.52. The van der Waals surface area contributed by atoms with Crippen molar-refractivity contribution in [2.24, 2.45) is 23.7 Å². The number of esters is 1. The molecule has 2 N–H and O–H groups in total. The Labute approximate surface area is 800 Å². The number of carbonyl (C=O) groups is 3. The number of nitrogens with one attached hydrogen (secondary N) is 1. The topological polar surface area (TPSA) is 269 Å². The number of para-hydroxylation sites is 3. The first kappa shape index (κ1) is 106. The number of epoxide rings is 8. The smallest absolute Gasteiger partial charge is 0.313 e. The molecule has 0 radical (unpaired) electrons. The monoisotopic (exact) mass is 1870 g/mol. The van der Waals surface area contributed by atoms with Gasteiger partial charge < -0.3 is 86.3 Å². The van der Waals surface area contributed by atoms with Gasteiger partial charge in [0, 0.05) is 98.3 Å². The second-order valence-electron chi connectivity index (χ2n) is 37.3. The Morgan fingerprint density at radius 1 is 0.478 bits per heavy atom. The largest absolute Gasteiger partial charge is 0.507 e. The van der Waals surface area contributed by atoms with E-state index < -0.39 is 11.3 Å². The molecule has 134 heavy (non-hydrogen) atoms. The van der Waals surface area contributed by atoms with Crippen LogP contribution in [0.1, 0.15) is 183 Å². The van der Waals surface area contributed by atoms with Crippen LogP contribution in [-0.4, -0.2) is 223 Å². The van der Waals surface area contributed by atoms with Crippen molar-refractivity contribution in [2.75, 3.05) is 147 Å². The number of carbonyl (C=O) groups excluding carboxylic acids is 3. The number of benzene rings is 8. The number of aryl methyl sites for hydroxylation is 6. The quantitative estimate of drug-likeness (QED) is 0.0220. The number of anilines is 3. The van der Waals surface area contributed by atoms with Crippen molar-refractivity contribution in [3.05, 3.63) is 231 Å². The number of hydrogen-bond acceptors (Lipinski definition) is 21. The van der Waals surface area contributed by atoms with Gasteiger partial charge in [0.05, 0.1) is 96.9 Å². The third kappa shape index (κ3) is 36.4. The maximum atomic E-state index is 11.7. The number of phenols is 1. The third-order valence-electron chi connectivity index (χ3n) is 23.6. The van der Waals surface area contributed by atoms with Crippen molar-refractivity contribution < 1.29 is 89.5 Å². The first-order chi connectivity index (χ1) is 64.4. The summed E-state index contributed by atoms with van der Waals surface area (Å²) in [7, 11) is 1.33. The molecule has 10 aliphatic rings. The molecule has 11 unspecified atom stereocenters. The van der Waals surface area contributed by atoms with Gasteiger partial charge >= 0.3 is 5.97 Å². The predicted molar refractivity (Wildman–Crippen MR) is 531 cm³/mol. The standard InChI is InChI=1S/C27H38O2.C25H30N2O4.C12H22N2O2.C11H13NO5S.3C10H12O2.2C2H6/c1-15(2)23-14-27(8,9)29-26-20(23)11-18(6)13-22(26)24(16(3)4)21-12-17(5)10-19(7)25(21)28;1-5-20(26(10-22-14-28-22)11-23-15-29-23)6-2-18(1)9-19-3-7-21(8-4-19)27(12-24-16-30-24)13-25-17-31-25;1-9(2)11(15)13-5-7-14(8-6-13)12(16)10(3)4;1-15-18(14)12-8-2-4-9(5-3-8)17-11(13)6-10-7-16-10;3*1-8-4-2-3-5-10(8)12-7-9-6-11-9;2*1-2/h10-13,15-16,23-24,28H,14H2,1-9H3;1-8,22-25H,9-17H2;9-10H,5-8H2,1-4H3;2-5,10,12H,6-7H2,1H3;3*2-5,9H,6-7H2,1H3;2*1-2H3. The van der Waals surface area contributed by atoms with E-state index in [1.807, 2.05) is 166 Å². The summed E-state index contributed by atoms with van der Waals surface area (Å²) in [5.41, 5.74) is 16.1. The minimum absolute atomic E-state index is 0.0163. The summed E-state index contributed by atoms with van der Waals surface area (Å²) in [5, 5.41) is 11.0.